The highest BCUT2D eigenvalue weighted by molar-refractivity contribution is 14.0. The van der Waals surface area contributed by atoms with E-state index in [-0.39, 0.29) is 29.7 Å². The van der Waals surface area contributed by atoms with E-state index in [2.05, 4.69) is 15.3 Å². The summed E-state index contributed by atoms with van der Waals surface area (Å²) in [5.41, 5.74) is 6.73. The summed E-state index contributed by atoms with van der Waals surface area (Å²) in [5, 5.41) is 3.29. The lowest BCUT2D eigenvalue weighted by atomic mass is 10.1. The number of nitrogens with one attached hydrogen (secondary N) is 1. The topological polar surface area (TPSA) is 72.5 Å². The van der Waals surface area contributed by atoms with Gasteiger partial charge in [-0.2, -0.15) is 0 Å². The molecule has 0 spiro atoms. The second kappa shape index (κ2) is 11.1. The number of nitrogens with zero attached hydrogens (tertiary/aromatic N) is 2. The first-order valence-electron chi connectivity index (χ1n) is 9.13. The minimum absolute atomic E-state index is 0. The molecule has 1 heterocycles. The number of aromatic nitrogens is 1. The minimum atomic E-state index is -0.433. The standard InChI is InChI=1S/C20H25FN4O.HI/c21-18-12-15(9-10-19(18)26-17-8-5-11-23-14-17)13-24-20(22)25-16-6-3-1-2-4-7-16;/h5,8-12,14,16H,1-4,6-7,13H2,(H3,22,24,25);1H. The van der Waals surface area contributed by atoms with Crippen LogP contribution in [0.25, 0.3) is 0 Å². The van der Waals surface area contributed by atoms with Crippen LogP contribution in [-0.4, -0.2) is 17.0 Å². The molecule has 1 aliphatic carbocycles. The van der Waals surface area contributed by atoms with E-state index in [1.807, 2.05) is 0 Å². The van der Waals surface area contributed by atoms with Gasteiger partial charge in [0.1, 0.15) is 5.75 Å². The van der Waals surface area contributed by atoms with E-state index in [0.717, 1.165) is 18.4 Å². The number of benzene rings is 1. The number of halogens is 2. The molecule has 27 heavy (non-hydrogen) atoms. The molecule has 3 rings (SSSR count). The molecule has 1 aromatic heterocycles. The highest BCUT2D eigenvalue weighted by Gasteiger charge is 2.12. The largest absolute Gasteiger partial charge is 0.453 e. The average Bonchev–Trinajstić information content (AvgIpc) is 2.91. The van der Waals surface area contributed by atoms with Crippen LogP contribution >= 0.6 is 24.0 Å². The van der Waals surface area contributed by atoms with Gasteiger partial charge in [0, 0.05) is 12.2 Å². The van der Waals surface area contributed by atoms with Crippen LogP contribution in [0.3, 0.4) is 0 Å². The van der Waals surface area contributed by atoms with Gasteiger partial charge in [-0.3, -0.25) is 4.98 Å². The number of hydrogen-bond acceptors (Lipinski definition) is 3. The first-order valence-corrected chi connectivity index (χ1v) is 9.13. The first-order chi connectivity index (χ1) is 12.7. The van der Waals surface area contributed by atoms with Crippen molar-refractivity contribution in [3.8, 4) is 11.5 Å². The highest BCUT2D eigenvalue weighted by Crippen LogP contribution is 2.24. The molecule has 0 aliphatic heterocycles. The normalized spacial score (nSPS) is 15.5. The number of guanidine groups is 1. The molecule has 146 valence electrons. The molecule has 1 aromatic carbocycles. The van der Waals surface area contributed by atoms with E-state index in [1.165, 1.54) is 37.9 Å². The maximum atomic E-state index is 14.2. The van der Waals surface area contributed by atoms with Crippen molar-refractivity contribution >= 4 is 29.9 Å². The van der Waals surface area contributed by atoms with Crippen molar-refractivity contribution in [2.45, 2.75) is 51.1 Å². The van der Waals surface area contributed by atoms with Gasteiger partial charge in [-0.1, -0.05) is 31.7 Å². The van der Waals surface area contributed by atoms with Gasteiger partial charge in [0.25, 0.3) is 0 Å². The quantitative estimate of drug-likeness (QED) is 0.278. The van der Waals surface area contributed by atoms with E-state index in [4.69, 9.17) is 10.5 Å². The molecule has 0 radical (unpaired) electrons. The summed E-state index contributed by atoms with van der Waals surface area (Å²) in [4.78, 5) is 8.28. The number of ether oxygens (including phenoxy) is 1. The predicted octanol–water partition coefficient (Wildman–Crippen LogP) is 4.76. The van der Waals surface area contributed by atoms with Crippen LogP contribution in [0.4, 0.5) is 4.39 Å². The summed E-state index contributed by atoms with van der Waals surface area (Å²) in [6, 6.07) is 8.67. The second-order valence-electron chi connectivity index (χ2n) is 6.59. The molecular formula is C20H26FIN4O. The monoisotopic (exact) mass is 484 g/mol. The van der Waals surface area contributed by atoms with E-state index >= 15 is 0 Å². The van der Waals surface area contributed by atoms with Crippen LogP contribution in [0.1, 0.15) is 44.1 Å². The molecule has 0 unspecified atom stereocenters. The van der Waals surface area contributed by atoms with Crippen molar-refractivity contribution in [2.75, 3.05) is 0 Å². The molecule has 2 aromatic rings. The molecule has 0 atom stereocenters. The molecule has 1 aliphatic rings. The molecule has 7 heteroatoms. The van der Waals surface area contributed by atoms with Crippen molar-refractivity contribution in [1.82, 2.24) is 10.3 Å². The predicted molar refractivity (Wildman–Crippen MR) is 116 cm³/mol. The molecule has 0 saturated heterocycles. The fourth-order valence-electron chi connectivity index (χ4n) is 3.11. The first kappa shape index (κ1) is 21.4. The van der Waals surface area contributed by atoms with Crippen molar-refractivity contribution in [2.24, 2.45) is 10.7 Å². The number of aliphatic imine (C=N–C) groups is 1. The van der Waals surface area contributed by atoms with Crippen molar-refractivity contribution < 1.29 is 9.13 Å². The summed E-state index contributed by atoms with van der Waals surface area (Å²) >= 11 is 0. The third-order valence-electron chi connectivity index (χ3n) is 4.50. The Bertz CT molecular complexity index is 734. The molecular weight excluding hydrogens is 458 g/mol. The second-order valence-corrected chi connectivity index (χ2v) is 6.59. The Hall–Kier alpha value is -1.90. The third kappa shape index (κ3) is 6.97. The van der Waals surface area contributed by atoms with Crippen LogP contribution in [0, 0.1) is 5.82 Å². The number of hydrogen-bond donors (Lipinski definition) is 2. The Labute approximate surface area is 176 Å². The highest BCUT2D eigenvalue weighted by atomic mass is 127. The van der Waals surface area contributed by atoms with Crippen molar-refractivity contribution in [3.05, 3.63) is 54.1 Å². The molecule has 0 bridgehead atoms. The van der Waals surface area contributed by atoms with Crippen LogP contribution in [0.15, 0.2) is 47.7 Å². The Balaban J connectivity index is 0.00000261. The zero-order valence-electron chi connectivity index (χ0n) is 15.2. The van der Waals surface area contributed by atoms with Gasteiger partial charge in [0.15, 0.2) is 17.5 Å². The summed E-state index contributed by atoms with van der Waals surface area (Å²) in [6.45, 7) is 0.329. The Morgan fingerprint density at radius 3 is 2.67 bits per heavy atom. The lowest BCUT2D eigenvalue weighted by Crippen LogP contribution is -2.39. The molecule has 1 saturated carbocycles. The van der Waals surface area contributed by atoms with Gasteiger partial charge in [-0.25, -0.2) is 9.38 Å². The van der Waals surface area contributed by atoms with Crippen LogP contribution in [-0.2, 0) is 6.54 Å². The molecule has 0 amide bonds. The van der Waals surface area contributed by atoms with E-state index in [9.17, 15) is 4.39 Å². The smallest absolute Gasteiger partial charge is 0.189 e. The maximum absolute atomic E-state index is 14.2. The van der Waals surface area contributed by atoms with Gasteiger partial charge in [-0.05, 0) is 42.7 Å². The Kier molecular flexibility index (Phi) is 8.77. The SMILES string of the molecule is I.NC(=NCc1ccc(Oc2cccnc2)c(F)c1)NC1CCCCCC1. The molecule has 1 fully saturated rings. The van der Waals surface area contributed by atoms with Crippen molar-refractivity contribution in [3.63, 3.8) is 0 Å². The van der Waals surface area contributed by atoms with Crippen molar-refractivity contribution in [1.29, 1.82) is 0 Å². The van der Waals surface area contributed by atoms with E-state index in [1.54, 1.807) is 30.5 Å². The zero-order valence-corrected chi connectivity index (χ0v) is 17.6. The Morgan fingerprint density at radius 1 is 1.22 bits per heavy atom. The van der Waals surface area contributed by atoms with Gasteiger partial charge >= 0.3 is 0 Å². The van der Waals surface area contributed by atoms with E-state index < -0.39 is 5.82 Å². The molecule has 5 nitrogen and oxygen atoms in total. The van der Waals surface area contributed by atoms with E-state index in [0.29, 0.717) is 24.3 Å². The summed E-state index contributed by atoms with van der Waals surface area (Å²) in [7, 11) is 0. The average molecular weight is 484 g/mol. The third-order valence-corrected chi connectivity index (χ3v) is 4.50. The van der Waals surface area contributed by atoms with Gasteiger partial charge in [0.05, 0.1) is 12.7 Å². The lowest BCUT2D eigenvalue weighted by molar-refractivity contribution is 0.440. The minimum Gasteiger partial charge on any atom is -0.453 e. The summed E-state index contributed by atoms with van der Waals surface area (Å²) in [5.74, 6) is 0.647. The number of nitrogens with two attached hydrogens (primary N) is 1. The summed E-state index contributed by atoms with van der Waals surface area (Å²) < 4.78 is 19.7. The van der Waals surface area contributed by atoms with Crippen LogP contribution < -0.4 is 15.8 Å². The fourth-order valence-corrected chi connectivity index (χ4v) is 3.11. The summed E-state index contributed by atoms with van der Waals surface area (Å²) in [6.07, 6.45) is 10.5. The van der Waals surface area contributed by atoms with Crippen LogP contribution in [0.5, 0.6) is 11.5 Å². The van der Waals surface area contributed by atoms with Gasteiger partial charge < -0.3 is 15.8 Å². The number of pyridine rings is 1. The maximum Gasteiger partial charge on any atom is 0.189 e. The number of rotatable bonds is 5. The fraction of sp³-hybridized carbons (Fsp3) is 0.400. The Morgan fingerprint density at radius 2 is 2.00 bits per heavy atom. The zero-order chi connectivity index (χ0) is 18.2. The van der Waals surface area contributed by atoms with Crippen LogP contribution in [0.2, 0.25) is 0 Å². The van der Waals surface area contributed by atoms with Gasteiger partial charge in [-0.15, -0.1) is 24.0 Å². The molecule has 3 N–H and O–H groups in total. The lowest BCUT2D eigenvalue weighted by Gasteiger charge is -2.16. The van der Waals surface area contributed by atoms with Gasteiger partial charge in [0.2, 0.25) is 0 Å².